The molecule has 0 radical (unpaired) electrons. The number of hydrogen-bond acceptors (Lipinski definition) is 3. The molecule has 0 fully saturated rings. The fourth-order valence-electron chi connectivity index (χ4n) is 1.36. The van der Waals surface area contributed by atoms with Gasteiger partial charge >= 0.3 is 5.69 Å². The van der Waals surface area contributed by atoms with Gasteiger partial charge in [-0.3, -0.25) is 4.57 Å². The van der Waals surface area contributed by atoms with E-state index < -0.39 is 0 Å². The Labute approximate surface area is 83.8 Å². The predicted molar refractivity (Wildman–Crippen MR) is 56.2 cm³/mol. The Hall–Kier alpha value is -1.16. The van der Waals surface area contributed by atoms with Crippen molar-refractivity contribution in [2.24, 2.45) is 5.73 Å². The van der Waals surface area contributed by atoms with Crippen LogP contribution in [0.2, 0.25) is 0 Å². The molecule has 1 unspecified atom stereocenters. The summed E-state index contributed by atoms with van der Waals surface area (Å²) in [6, 6.07) is 1.92. The molecule has 0 aliphatic heterocycles. The number of rotatable bonds is 3. The van der Waals surface area contributed by atoms with Crippen molar-refractivity contribution in [3.8, 4) is 0 Å². The van der Waals surface area contributed by atoms with Gasteiger partial charge in [-0.2, -0.15) is 4.98 Å². The zero-order valence-electron chi connectivity index (χ0n) is 8.95. The van der Waals surface area contributed by atoms with E-state index in [9.17, 15) is 4.79 Å². The molecule has 1 aromatic rings. The first-order valence-corrected chi connectivity index (χ1v) is 4.85. The molecule has 1 atom stereocenters. The normalized spacial score (nSPS) is 12.9. The van der Waals surface area contributed by atoms with E-state index in [1.807, 2.05) is 26.8 Å². The van der Waals surface area contributed by atoms with Crippen LogP contribution < -0.4 is 11.4 Å². The highest BCUT2D eigenvalue weighted by molar-refractivity contribution is 5.06. The van der Waals surface area contributed by atoms with E-state index in [4.69, 9.17) is 5.73 Å². The van der Waals surface area contributed by atoms with Crippen LogP contribution in [0.15, 0.2) is 10.9 Å². The van der Waals surface area contributed by atoms with Crippen molar-refractivity contribution in [1.82, 2.24) is 9.55 Å². The monoisotopic (exact) mass is 195 g/mol. The molecule has 0 aliphatic carbocycles. The van der Waals surface area contributed by atoms with Crippen LogP contribution in [0.4, 0.5) is 0 Å². The lowest BCUT2D eigenvalue weighted by molar-refractivity contribution is 0.509. The van der Waals surface area contributed by atoms with E-state index in [0.29, 0.717) is 6.54 Å². The van der Waals surface area contributed by atoms with Crippen molar-refractivity contribution in [3.05, 3.63) is 27.9 Å². The van der Waals surface area contributed by atoms with Crippen LogP contribution in [-0.4, -0.2) is 15.6 Å². The number of aryl methyl sites for hydroxylation is 2. The average molecular weight is 195 g/mol. The van der Waals surface area contributed by atoms with E-state index >= 15 is 0 Å². The topological polar surface area (TPSA) is 60.9 Å². The number of nitrogens with two attached hydrogens (primary N) is 1. The molecular weight excluding hydrogens is 178 g/mol. The van der Waals surface area contributed by atoms with Crippen LogP contribution in [0.1, 0.15) is 24.7 Å². The lowest BCUT2D eigenvalue weighted by atomic mass is 10.2. The summed E-state index contributed by atoms with van der Waals surface area (Å²) >= 11 is 0. The third kappa shape index (κ3) is 2.42. The van der Waals surface area contributed by atoms with Crippen LogP contribution in [-0.2, 0) is 6.54 Å². The highest BCUT2D eigenvalue weighted by Gasteiger charge is 2.06. The van der Waals surface area contributed by atoms with E-state index in [1.165, 1.54) is 0 Å². The first-order valence-electron chi connectivity index (χ1n) is 4.85. The average Bonchev–Trinajstić information content (AvgIpc) is 2.10. The van der Waals surface area contributed by atoms with Gasteiger partial charge in [0.05, 0.1) is 0 Å². The smallest absolute Gasteiger partial charge is 0.326 e. The summed E-state index contributed by atoms with van der Waals surface area (Å²) in [7, 11) is 0. The molecule has 1 aromatic heterocycles. The molecule has 0 saturated heterocycles. The highest BCUT2D eigenvalue weighted by atomic mass is 16.1. The second-order valence-electron chi connectivity index (χ2n) is 3.60. The molecular formula is C10H17N3O. The summed E-state index contributed by atoms with van der Waals surface area (Å²) in [5.74, 6) is 0. The maximum atomic E-state index is 11.5. The Morgan fingerprint density at radius 2 is 2.21 bits per heavy atom. The number of aromatic nitrogens is 2. The fraction of sp³-hybridized carbons (Fsp3) is 0.600. The van der Waals surface area contributed by atoms with E-state index in [-0.39, 0.29) is 11.7 Å². The highest BCUT2D eigenvalue weighted by Crippen LogP contribution is 1.98. The molecule has 4 heteroatoms. The lowest BCUT2D eigenvalue weighted by Crippen LogP contribution is -2.34. The second kappa shape index (κ2) is 4.37. The Morgan fingerprint density at radius 1 is 1.57 bits per heavy atom. The minimum absolute atomic E-state index is 0.0240. The summed E-state index contributed by atoms with van der Waals surface area (Å²) in [5, 5.41) is 0. The summed E-state index contributed by atoms with van der Waals surface area (Å²) in [5.41, 5.74) is 7.27. The Bertz CT molecular complexity index is 370. The maximum Gasteiger partial charge on any atom is 0.348 e. The summed E-state index contributed by atoms with van der Waals surface area (Å²) in [6.07, 6.45) is 0.861. The Balaban J connectivity index is 3.03. The molecule has 78 valence electrons. The van der Waals surface area contributed by atoms with Crippen LogP contribution in [0.25, 0.3) is 0 Å². The number of nitrogens with zero attached hydrogens (tertiary/aromatic N) is 2. The molecule has 14 heavy (non-hydrogen) atoms. The fourth-order valence-corrected chi connectivity index (χ4v) is 1.36. The molecule has 1 rings (SSSR count). The van der Waals surface area contributed by atoms with Gasteiger partial charge < -0.3 is 5.73 Å². The quantitative estimate of drug-likeness (QED) is 0.768. The van der Waals surface area contributed by atoms with Crippen molar-refractivity contribution in [1.29, 1.82) is 0 Å². The van der Waals surface area contributed by atoms with Crippen molar-refractivity contribution in [2.75, 3.05) is 0 Å². The molecule has 0 saturated carbocycles. The van der Waals surface area contributed by atoms with Gasteiger partial charge in [0.1, 0.15) is 0 Å². The molecule has 4 nitrogen and oxygen atoms in total. The van der Waals surface area contributed by atoms with Gasteiger partial charge in [-0.05, 0) is 26.3 Å². The summed E-state index contributed by atoms with van der Waals surface area (Å²) in [4.78, 5) is 15.4. The third-order valence-electron chi connectivity index (χ3n) is 2.29. The lowest BCUT2D eigenvalue weighted by Gasteiger charge is -2.13. The molecule has 0 amide bonds. The van der Waals surface area contributed by atoms with Crippen molar-refractivity contribution >= 4 is 0 Å². The van der Waals surface area contributed by atoms with Gasteiger partial charge in [0, 0.05) is 24.0 Å². The standard InChI is InChI=1S/C10H17N3O/c1-4-9(11)6-13-8(3)5-7(2)12-10(13)14/h5,9H,4,6,11H2,1-3H3. The zero-order chi connectivity index (χ0) is 10.7. The van der Waals surface area contributed by atoms with Gasteiger partial charge in [0.2, 0.25) is 0 Å². The van der Waals surface area contributed by atoms with E-state index in [1.54, 1.807) is 4.57 Å². The SMILES string of the molecule is CCC(N)Cn1c(C)cc(C)nc1=O. The van der Waals surface area contributed by atoms with Crippen molar-refractivity contribution in [3.63, 3.8) is 0 Å². The van der Waals surface area contributed by atoms with Crippen LogP contribution in [0.3, 0.4) is 0 Å². The second-order valence-corrected chi connectivity index (χ2v) is 3.60. The molecule has 2 N–H and O–H groups in total. The Kier molecular flexibility index (Phi) is 3.41. The zero-order valence-corrected chi connectivity index (χ0v) is 8.95. The van der Waals surface area contributed by atoms with Gasteiger partial charge in [0.25, 0.3) is 0 Å². The molecule has 1 heterocycles. The number of hydrogen-bond donors (Lipinski definition) is 1. The minimum Gasteiger partial charge on any atom is -0.326 e. The first kappa shape index (κ1) is 10.9. The minimum atomic E-state index is -0.202. The van der Waals surface area contributed by atoms with Gasteiger partial charge in [-0.15, -0.1) is 0 Å². The van der Waals surface area contributed by atoms with Gasteiger partial charge in [-0.25, -0.2) is 4.79 Å². The van der Waals surface area contributed by atoms with Crippen LogP contribution in [0, 0.1) is 13.8 Å². The first-order chi connectivity index (χ1) is 6.54. The summed E-state index contributed by atoms with van der Waals surface area (Å²) in [6.45, 7) is 6.28. The van der Waals surface area contributed by atoms with Crippen molar-refractivity contribution in [2.45, 2.75) is 39.8 Å². The predicted octanol–water partition coefficient (Wildman–Crippen LogP) is 0.597. The molecule has 0 aromatic carbocycles. The largest absolute Gasteiger partial charge is 0.348 e. The summed E-state index contributed by atoms with van der Waals surface area (Å²) < 4.78 is 1.63. The van der Waals surface area contributed by atoms with E-state index in [2.05, 4.69) is 4.98 Å². The van der Waals surface area contributed by atoms with Gasteiger partial charge in [-0.1, -0.05) is 6.92 Å². The van der Waals surface area contributed by atoms with Crippen LogP contribution >= 0.6 is 0 Å². The molecule has 0 bridgehead atoms. The Morgan fingerprint density at radius 3 is 2.71 bits per heavy atom. The third-order valence-corrected chi connectivity index (χ3v) is 2.29. The maximum absolute atomic E-state index is 11.5. The molecule has 0 aliphatic rings. The van der Waals surface area contributed by atoms with Crippen LogP contribution in [0.5, 0.6) is 0 Å². The molecule has 0 spiro atoms. The van der Waals surface area contributed by atoms with E-state index in [0.717, 1.165) is 17.8 Å². The van der Waals surface area contributed by atoms with Gasteiger partial charge in [0.15, 0.2) is 0 Å². The van der Waals surface area contributed by atoms with Crippen molar-refractivity contribution < 1.29 is 0 Å².